The lowest BCUT2D eigenvalue weighted by Gasteiger charge is -2.24. The van der Waals surface area contributed by atoms with Crippen LogP contribution in [-0.2, 0) is 9.59 Å². The number of nitrogens with one attached hydrogen (secondary N) is 2. The summed E-state index contributed by atoms with van der Waals surface area (Å²) in [6.07, 6.45) is 4.09. The van der Waals surface area contributed by atoms with E-state index in [2.05, 4.69) is 23.3 Å². The Kier molecular flexibility index (Phi) is 3.42. The molecule has 0 aromatic heterocycles. The van der Waals surface area contributed by atoms with Gasteiger partial charge < -0.3 is 10.6 Å². The van der Waals surface area contributed by atoms with Crippen molar-refractivity contribution in [3.05, 3.63) is 0 Å². The molecule has 2 aliphatic rings. The molecule has 90 valence electrons. The van der Waals surface area contributed by atoms with Gasteiger partial charge in [-0.15, -0.1) is 0 Å². The van der Waals surface area contributed by atoms with E-state index in [0.717, 1.165) is 25.0 Å². The third-order valence-corrected chi connectivity index (χ3v) is 4.13. The molecule has 4 nitrogen and oxygen atoms in total. The largest absolute Gasteiger partial charge is 0.354 e. The Morgan fingerprint density at radius 2 is 2.31 bits per heavy atom. The average Bonchev–Trinajstić information content (AvgIpc) is 3.02. The standard InChI is InChI=1S/C11H18N2O2S/c14-9-2-1-8(6-12-9)13-10(15)5-11(7-16)3-4-11/h8,16H,1-7H2,(H,12,14)(H,13,15). The predicted molar refractivity (Wildman–Crippen MR) is 64.3 cm³/mol. The Hall–Kier alpha value is -0.710. The summed E-state index contributed by atoms with van der Waals surface area (Å²) in [5.41, 5.74) is 0.172. The smallest absolute Gasteiger partial charge is 0.220 e. The first-order chi connectivity index (χ1) is 7.63. The van der Waals surface area contributed by atoms with Gasteiger partial charge in [-0.2, -0.15) is 12.6 Å². The van der Waals surface area contributed by atoms with Crippen molar-refractivity contribution in [2.24, 2.45) is 5.41 Å². The summed E-state index contributed by atoms with van der Waals surface area (Å²) in [6, 6.07) is 0.112. The molecule has 2 fully saturated rings. The zero-order chi connectivity index (χ0) is 11.6. The lowest BCUT2D eigenvalue weighted by Crippen LogP contribution is -2.48. The molecule has 5 heteroatoms. The molecule has 1 aliphatic heterocycles. The molecule has 0 radical (unpaired) electrons. The van der Waals surface area contributed by atoms with Crippen molar-refractivity contribution in [3.8, 4) is 0 Å². The van der Waals surface area contributed by atoms with Crippen LogP contribution in [0.2, 0.25) is 0 Å². The number of piperidine rings is 1. The lowest BCUT2D eigenvalue weighted by atomic mass is 10.0. The number of carbonyl (C=O) groups is 2. The number of hydrogen-bond acceptors (Lipinski definition) is 3. The second kappa shape index (κ2) is 4.65. The highest BCUT2D eigenvalue weighted by molar-refractivity contribution is 7.80. The van der Waals surface area contributed by atoms with Crippen LogP contribution in [0.4, 0.5) is 0 Å². The van der Waals surface area contributed by atoms with Crippen molar-refractivity contribution in [2.45, 2.75) is 38.1 Å². The summed E-state index contributed by atoms with van der Waals surface area (Å²) in [4.78, 5) is 22.7. The van der Waals surface area contributed by atoms with Crippen molar-refractivity contribution in [3.63, 3.8) is 0 Å². The van der Waals surface area contributed by atoms with Crippen molar-refractivity contribution in [2.75, 3.05) is 12.3 Å². The summed E-state index contributed by atoms with van der Waals surface area (Å²) < 4.78 is 0. The molecular weight excluding hydrogens is 224 g/mol. The van der Waals surface area contributed by atoms with Crippen molar-refractivity contribution < 1.29 is 9.59 Å². The van der Waals surface area contributed by atoms with E-state index in [4.69, 9.17) is 0 Å². The van der Waals surface area contributed by atoms with Gasteiger partial charge in [0.2, 0.25) is 11.8 Å². The topological polar surface area (TPSA) is 58.2 Å². The van der Waals surface area contributed by atoms with Gasteiger partial charge in [0.15, 0.2) is 0 Å². The summed E-state index contributed by atoms with van der Waals surface area (Å²) in [7, 11) is 0. The van der Waals surface area contributed by atoms with E-state index in [-0.39, 0.29) is 23.3 Å². The summed E-state index contributed by atoms with van der Waals surface area (Å²) in [5.74, 6) is 0.981. The number of hydrogen-bond donors (Lipinski definition) is 3. The molecule has 0 aromatic carbocycles. The van der Waals surface area contributed by atoms with E-state index in [1.807, 2.05) is 0 Å². The molecule has 1 aliphatic carbocycles. The van der Waals surface area contributed by atoms with E-state index in [1.54, 1.807) is 0 Å². The second-order valence-corrected chi connectivity index (χ2v) is 5.26. The fourth-order valence-electron chi connectivity index (χ4n) is 2.04. The Labute approximate surface area is 101 Å². The molecule has 1 unspecified atom stereocenters. The van der Waals surface area contributed by atoms with Crippen LogP contribution in [0.1, 0.15) is 32.1 Å². The molecule has 0 bridgehead atoms. The van der Waals surface area contributed by atoms with Gasteiger partial charge in [0.05, 0.1) is 0 Å². The van der Waals surface area contributed by atoms with Crippen LogP contribution in [-0.4, -0.2) is 30.2 Å². The highest BCUT2D eigenvalue weighted by Gasteiger charge is 2.43. The first-order valence-electron chi connectivity index (χ1n) is 5.80. The highest BCUT2D eigenvalue weighted by Crippen LogP contribution is 2.49. The number of rotatable bonds is 4. The molecule has 1 atom stereocenters. The van der Waals surface area contributed by atoms with Gasteiger partial charge >= 0.3 is 0 Å². The molecule has 2 N–H and O–H groups in total. The van der Waals surface area contributed by atoms with Crippen LogP contribution < -0.4 is 10.6 Å². The van der Waals surface area contributed by atoms with Gasteiger partial charge in [-0.1, -0.05) is 0 Å². The van der Waals surface area contributed by atoms with Crippen LogP contribution in [0.3, 0.4) is 0 Å². The number of amides is 2. The van der Waals surface area contributed by atoms with Gasteiger partial charge in [0.1, 0.15) is 0 Å². The molecule has 0 spiro atoms. The van der Waals surface area contributed by atoms with E-state index in [9.17, 15) is 9.59 Å². The number of thiol groups is 1. The van der Waals surface area contributed by atoms with Crippen LogP contribution in [0.15, 0.2) is 0 Å². The van der Waals surface area contributed by atoms with Crippen molar-refractivity contribution in [1.29, 1.82) is 0 Å². The van der Waals surface area contributed by atoms with E-state index in [0.29, 0.717) is 19.4 Å². The molecule has 16 heavy (non-hydrogen) atoms. The molecule has 2 rings (SSSR count). The summed E-state index contributed by atoms with van der Waals surface area (Å²) in [6.45, 7) is 0.568. The van der Waals surface area contributed by atoms with E-state index >= 15 is 0 Å². The van der Waals surface area contributed by atoms with Gasteiger partial charge in [-0.25, -0.2) is 0 Å². The van der Waals surface area contributed by atoms with Crippen LogP contribution in [0.5, 0.6) is 0 Å². The lowest BCUT2D eigenvalue weighted by molar-refractivity contribution is -0.126. The molecule has 1 saturated carbocycles. The molecular formula is C11H18N2O2S. The second-order valence-electron chi connectivity index (χ2n) is 4.94. The Bertz CT molecular complexity index is 292. The molecule has 2 amide bonds. The number of carbonyl (C=O) groups excluding carboxylic acids is 2. The Morgan fingerprint density at radius 1 is 1.56 bits per heavy atom. The van der Waals surface area contributed by atoms with Crippen molar-refractivity contribution >= 4 is 24.4 Å². The van der Waals surface area contributed by atoms with Crippen molar-refractivity contribution in [1.82, 2.24) is 10.6 Å². The Balaban J connectivity index is 1.73. The van der Waals surface area contributed by atoms with Gasteiger partial charge in [-0.3, -0.25) is 9.59 Å². The zero-order valence-electron chi connectivity index (χ0n) is 9.29. The predicted octanol–water partition coefficient (Wildman–Crippen LogP) is 0.481. The highest BCUT2D eigenvalue weighted by atomic mass is 32.1. The fraction of sp³-hybridized carbons (Fsp3) is 0.818. The van der Waals surface area contributed by atoms with E-state index in [1.165, 1.54) is 0 Å². The van der Waals surface area contributed by atoms with Gasteiger partial charge in [0, 0.05) is 25.4 Å². The molecule has 1 saturated heterocycles. The third-order valence-electron chi connectivity index (χ3n) is 3.46. The first-order valence-corrected chi connectivity index (χ1v) is 6.44. The average molecular weight is 242 g/mol. The maximum absolute atomic E-state index is 11.7. The minimum atomic E-state index is 0.0829. The Morgan fingerprint density at radius 3 is 2.81 bits per heavy atom. The normalized spacial score (nSPS) is 27.1. The van der Waals surface area contributed by atoms with Crippen LogP contribution in [0, 0.1) is 5.41 Å². The summed E-state index contributed by atoms with van der Waals surface area (Å²) >= 11 is 4.28. The van der Waals surface area contributed by atoms with Crippen LogP contribution in [0.25, 0.3) is 0 Å². The maximum Gasteiger partial charge on any atom is 0.220 e. The fourth-order valence-corrected chi connectivity index (χ4v) is 2.47. The third kappa shape index (κ3) is 2.90. The summed E-state index contributed by atoms with van der Waals surface area (Å²) in [5, 5.41) is 5.74. The zero-order valence-corrected chi connectivity index (χ0v) is 10.2. The monoisotopic (exact) mass is 242 g/mol. The maximum atomic E-state index is 11.7. The first kappa shape index (κ1) is 11.8. The molecule has 1 heterocycles. The van der Waals surface area contributed by atoms with E-state index < -0.39 is 0 Å². The molecule has 0 aromatic rings. The van der Waals surface area contributed by atoms with Gasteiger partial charge in [-0.05, 0) is 30.4 Å². The minimum Gasteiger partial charge on any atom is -0.354 e. The quantitative estimate of drug-likeness (QED) is 0.628. The van der Waals surface area contributed by atoms with Crippen LogP contribution >= 0.6 is 12.6 Å². The SMILES string of the molecule is O=C1CCC(NC(=O)CC2(CS)CC2)CN1. The minimum absolute atomic E-state index is 0.0829. The van der Waals surface area contributed by atoms with Gasteiger partial charge in [0.25, 0.3) is 0 Å².